The Morgan fingerprint density at radius 1 is 1.16 bits per heavy atom. The first-order chi connectivity index (χ1) is 11.8. The number of hydrogen-bond donors (Lipinski definition) is 2. The Morgan fingerprint density at radius 2 is 1.92 bits per heavy atom. The third-order valence-electron chi connectivity index (χ3n) is 3.68. The first-order valence-corrected chi connectivity index (χ1v) is 8.41. The highest BCUT2D eigenvalue weighted by Gasteiger charge is 2.09. The molecule has 0 aliphatic carbocycles. The van der Waals surface area contributed by atoms with Crippen molar-refractivity contribution < 1.29 is 13.9 Å². The minimum absolute atomic E-state index is 0.0587. The predicted molar refractivity (Wildman–Crippen MR) is 98.2 cm³/mol. The van der Waals surface area contributed by atoms with E-state index in [1.54, 1.807) is 6.07 Å². The van der Waals surface area contributed by atoms with E-state index in [1.807, 2.05) is 51.1 Å². The summed E-state index contributed by atoms with van der Waals surface area (Å²) < 4.78 is 19.4. The van der Waals surface area contributed by atoms with Crippen molar-refractivity contribution in [3.63, 3.8) is 0 Å². The van der Waals surface area contributed by atoms with Gasteiger partial charge >= 0.3 is 0 Å². The number of ether oxygens (including phenoxy) is 1. The Kier molecular flexibility index (Phi) is 6.53. The number of amides is 1. The van der Waals surface area contributed by atoms with Crippen LogP contribution in [0, 0.1) is 5.82 Å². The molecule has 0 aliphatic heterocycles. The number of carbonyl (C=O) groups excluding carboxylic acids is 1. The second-order valence-electron chi connectivity index (χ2n) is 6.34. The number of halogens is 1. The summed E-state index contributed by atoms with van der Waals surface area (Å²) in [6.07, 6.45) is -0.0608. The number of hydrogen-bond acceptors (Lipinski definition) is 3. The van der Waals surface area contributed by atoms with Crippen LogP contribution >= 0.6 is 0 Å². The monoisotopic (exact) mass is 344 g/mol. The Morgan fingerprint density at radius 3 is 2.56 bits per heavy atom. The average molecular weight is 344 g/mol. The molecule has 0 heterocycles. The van der Waals surface area contributed by atoms with Gasteiger partial charge in [0.1, 0.15) is 0 Å². The van der Waals surface area contributed by atoms with Crippen LogP contribution in [0.15, 0.2) is 42.5 Å². The molecular weight excluding hydrogens is 319 g/mol. The van der Waals surface area contributed by atoms with Crippen LogP contribution in [0.1, 0.15) is 44.9 Å². The summed E-state index contributed by atoms with van der Waals surface area (Å²) in [5.74, 6) is -0.181. The number of anilines is 1. The highest BCUT2D eigenvalue weighted by atomic mass is 19.1. The highest BCUT2D eigenvalue weighted by molar-refractivity contribution is 5.88. The fraction of sp³-hybridized carbons (Fsp3) is 0.350. The molecule has 25 heavy (non-hydrogen) atoms. The van der Waals surface area contributed by atoms with Crippen molar-refractivity contribution in [2.24, 2.45) is 0 Å². The molecule has 2 aromatic carbocycles. The maximum absolute atomic E-state index is 14.0. The summed E-state index contributed by atoms with van der Waals surface area (Å²) in [5, 5.41) is 6.14. The Balaban J connectivity index is 1.99. The highest BCUT2D eigenvalue weighted by Crippen LogP contribution is 2.21. The molecule has 0 aromatic heterocycles. The lowest BCUT2D eigenvalue weighted by Crippen LogP contribution is -2.18. The summed E-state index contributed by atoms with van der Waals surface area (Å²) in [7, 11) is 0. The van der Waals surface area contributed by atoms with Gasteiger partial charge in [-0.25, -0.2) is 4.39 Å². The van der Waals surface area contributed by atoms with Crippen molar-refractivity contribution in [2.45, 2.75) is 46.4 Å². The lowest BCUT2D eigenvalue weighted by Gasteiger charge is -2.16. The summed E-state index contributed by atoms with van der Waals surface area (Å²) >= 11 is 0. The summed E-state index contributed by atoms with van der Waals surface area (Å²) in [5.41, 5.74) is 2.66. The molecule has 5 heteroatoms. The molecule has 0 bridgehead atoms. The molecule has 0 radical (unpaired) electrons. The van der Waals surface area contributed by atoms with Crippen molar-refractivity contribution in [3.05, 3.63) is 59.4 Å². The molecule has 2 N–H and O–H groups in total. The lowest BCUT2D eigenvalue weighted by atomic mass is 10.1. The van der Waals surface area contributed by atoms with Crippen LogP contribution < -0.4 is 15.4 Å². The SMILES string of the molecule is CC(=O)Nc1cccc([C@H](C)NCc2ccc(OC(C)C)c(F)c2)c1. The van der Waals surface area contributed by atoms with Crippen LogP contribution in [0.5, 0.6) is 5.75 Å². The maximum Gasteiger partial charge on any atom is 0.221 e. The van der Waals surface area contributed by atoms with E-state index in [1.165, 1.54) is 13.0 Å². The van der Waals surface area contributed by atoms with Crippen LogP contribution in [0.25, 0.3) is 0 Å². The van der Waals surface area contributed by atoms with Crippen molar-refractivity contribution in [2.75, 3.05) is 5.32 Å². The van der Waals surface area contributed by atoms with Gasteiger partial charge in [-0.05, 0) is 56.2 Å². The number of benzene rings is 2. The van der Waals surface area contributed by atoms with E-state index in [9.17, 15) is 9.18 Å². The van der Waals surface area contributed by atoms with Gasteiger partial charge in [-0.15, -0.1) is 0 Å². The van der Waals surface area contributed by atoms with Crippen LogP contribution in [-0.2, 0) is 11.3 Å². The fourth-order valence-corrected chi connectivity index (χ4v) is 2.48. The second kappa shape index (κ2) is 8.62. The topological polar surface area (TPSA) is 50.4 Å². The lowest BCUT2D eigenvalue weighted by molar-refractivity contribution is -0.114. The van der Waals surface area contributed by atoms with Gasteiger partial charge in [0.25, 0.3) is 0 Å². The minimum Gasteiger partial charge on any atom is -0.488 e. The third kappa shape index (κ3) is 5.87. The van der Waals surface area contributed by atoms with E-state index in [4.69, 9.17) is 4.74 Å². The van der Waals surface area contributed by atoms with E-state index in [0.29, 0.717) is 6.54 Å². The maximum atomic E-state index is 14.0. The largest absolute Gasteiger partial charge is 0.488 e. The first-order valence-electron chi connectivity index (χ1n) is 8.41. The summed E-state index contributed by atoms with van der Waals surface area (Å²) in [6, 6.07) is 12.7. The van der Waals surface area contributed by atoms with Crippen molar-refractivity contribution in [3.8, 4) is 5.75 Å². The Labute approximate surface area is 148 Å². The molecule has 0 saturated carbocycles. The molecule has 1 amide bonds. The van der Waals surface area contributed by atoms with Crippen LogP contribution in [0.2, 0.25) is 0 Å². The zero-order chi connectivity index (χ0) is 18.4. The minimum atomic E-state index is -0.353. The van der Waals surface area contributed by atoms with Crippen LogP contribution in [0.3, 0.4) is 0 Å². The zero-order valence-electron chi connectivity index (χ0n) is 15.1. The Bertz CT molecular complexity index is 731. The van der Waals surface area contributed by atoms with Gasteiger partial charge in [0.2, 0.25) is 5.91 Å². The molecule has 134 valence electrons. The van der Waals surface area contributed by atoms with Gasteiger partial charge < -0.3 is 15.4 Å². The molecule has 2 aromatic rings. The summed E-state index contributed by atoms with van der Waals surface area (Å²) in [6.45, 7) is 7.77. The second-order valence-corrected chi connectivity index (χ2v) is 6.34. The van der Waals surface area contributed by atoms with E-state index in [0.717, 1.165) is 16.8 Å². The zero-order valence-corrected chi connectivity index (χ0v) is 15.1. The fourth-order valence-electron chi connectivity index (χ4n) is 2.48. The average Bonchev–Trinajstić information content (AvgIpc) is 2.54. The van der Waals surface area contributed by atoms with Crippen molar-refractivity contribution >= 4 is 11.6 Å². The molecule has 4 nitrogen and oxygen atoms in total. The van der Waals surface area contributed by atoms with Gasteiger partial charge in [-0.2, -0.15) is 0 Å². The quantitative estimate of drug-likeness (QED) is 0.781. The van der Waals surface area contributed by atoms with Gasteiger partial charge in [0.05, 0.1) is 6.10 Å². The molecule has 0 saturated heterocycles. The van der Waals surface area contributed by atoms with E-state index in [2.05, 4.69) is 10.6 Å². The molecule has 2 rings (SSSR count). The molecule has 0 aliphatic rings. The van der Waals surface area contributed by atoms with Crippen molar-refractivity contribution in [1.82, 2.24) is 5.32 Å². The Hall–Kier alpha value is -2.40. The van der Waals surface area contributed by atoms with Crippen molar-refractivity contribution in [1.29, 1.82) is 0 Å². The van der Waals surface area contributed by atoms with Gasteiger partial charge in [0, 0.05) is 25.2 Å². The van der Waals surface area contributed by atoms with Gasteiger partial charge in [-0.3, -0.25) is 4.79 Å². The van der Waals surface area contributed by atoms with Gasteiger partial charge in [0.15, 0.2) is 11.6 Å². The smallest absolute Gasteiger partial charge is 0.221 e. The predicted octanol–water partition coefficient (Wildman–Crippen LogP) is 4.42. The van der Waals surface area contributed by atoms with Crippen LogP contribution in [-0.4, -0.2) is 12.0 Å². The standard InChI is InChI=1S/C20H25FN2O2/c1-13(2)25-20-9-8-16(10-19(20)21)12-22-14(3)17-6-5-7-18(11-17)23-15(4)24/h5-11,13-14,22H,12H2,1-4H3,(H,23,24)/t14-/m0/s1. The third-order valence-corrected chi connectivity index (χ3v) is 3.68. The summed E-state index contributed by atoms with van der Waals surface area (Å²) in [4.78, 5) is 11.2. The number of rotatable bonds is 7. The normalized spacial score (nSPS) is 12.1. The van der Waals surface area contributed by atoms with E-state index >= 15 is 0 Å². The van der Waals surface area contributed by atoms with Crippen LogP contribution in [0.4, 0.5) is 10.1 Å². The molecule has 0 unspecified atom stereocenters. The van der Waals surface area contributed by atoms with E-state index in [-0.39, 0.29) is 29.6 Å². The van der Waals surface area contributed by atoms with E-state index < -0.39 is 0 Å². The first kappa shape index (κ1) is 18.9. The molecule has 0 spiro atoms. The number of nitrogens with one attached hydrogen (secondary N) is 2. The van der Waals surface area contributed by atoms with Gasteiger partial charge in [-0.1, -0.05) is 18.2 Å². The molecule has 1 atom stereocenters. The number of carbonyl (C=O) groups is 1. The molecular formula is C20H25FN2O2. The molecule has 0 fully saturated rings.